The van der Waals surface area contributed by atoms with E-state index in [-0.39, 0.29) is 12.2 Å². The predicted octanol–water partition coefficient (Wildman–Crippen LogP) is 2.38. The van der Waals surface area contributed by atoms with Gasteiger partial charge in [-0.2, -0.15) is 0 Å². The Hall–Kier alpha value is -3.10. The van der Waals surface area contributed by atoms with E-state index in [0.717, 1.165) is 6.92 Å². The number of Topliss-reactive ketones (excluding diaryl/α,β-unsaturated/α-hetero) is 2. The average Bonchev–Trinajstić information content (AvgIpc) is 2.65. The summed E-state index contributed by atoms with van der Waals surface area (Å²) in [6.07, 6.45) is 1.82. The third kappa shape index (κ3) is 7.27. The summed E-state index contributed by atoms with van der Waals surface area (Å²) in [5, 5.41) is 0. The van der Waals surface area contributed by atoms with E-state index in [1.165, 1.54) is 18.5 Å². The second kappa shape index (κ2) is 10.8. The minimum Gasteiger partial charge on any atom is -0.466 e. The molecule has 9 heteroatoms. The molecule has 0 fully saturated rings. The molecule has 31 heavy (non-hydrogen) atoms. The maximum Gasteiger partial charge on any atom is 0.328 e. The van der Waals surface area contributed by atoms with Gasteiger partial charge in [0.1, 0.15) is 5.60 Å². The van der Waals surface area contributed by atoms with Crippen LogP contribution >= 0.6 is 0 Å². The van der Waals surface area contributed by atoms with E-state index in [9.17, 15) is 24.0 Å². The summed E-state index contributed by atoms with van der Waals surface area (Å²) in [5.74, 6) is -4.47. The number of hydrogen-bond acceptors (Lipinski definition) is 9. The fourth-order valence-corrected chi connectivity index (χ4v) is 2.79. The van der Waals surface area contributed by atoms with Gasteiger partial charge in [0, 0.05) is 31.3 Å². The summed E-state index contributed by atoms with van der Waals surface area (Å²) in [5.41, 5.74) is -2.82. The van der Waals surface area contributed by atoms with Gasteiger partial charge >= 0.3 is 17.9 Å². The van der Waals surface area contributed by atoms with Crippen LogP contribution in [0.5, 0.6) is 0 Å². The van der Waals surface area contributed by atoms with Crippen LogP contribution in [0, 0.1) is 12.3 Å². The van der Waals surface area contributed by atoms with Crippen molar-refractivity contribution in [2.45, 2.75) is 60.0 Å². The quantitative estimate of drug-likeness (QED) is 0.236. The lowest BCUT2D eigenvalue weighted by molar-refractivity contribution is -0.170. The van der Waals surface area contributed by atoms with Crippen LogP contribution in [0.4, 0.5) is 0 Å². The highest BCUT2D eigenvalue weighted by molar-refractivity contribution is 6.27. The zero-order chi connectivity index (χ0) is 23.8. The second-order valence-corrected chi connectivity index (χ2v) is 8.00. The number of ketones is 2. The maximum absolute atomic E-state index is 13.5. The molecule has 1 aromatic heterocycles. The van der Waals surface area contributed by atoms with Crippen LogP contribution in [0.3, 0.4) is 0 Å². The molecule has 0 bridgehead atoms. The Kier molecular flexibility index (Phi) is 9.02. The fraction of sp³-hybridized carbons (Fsp3) is 0.545. The Bertz CT molecular complexity index is 855. The summed E-state index contributed by atoms with van der Waals surface area (Å²) in [7, 11) is 0. The zero-order valence-electron chi connectivity index (χ0n) is 18.8. The molecule has 1 aromatic rings. The number of esters is 3. The minimum absolute atomic E-state index is 0.00843. The first-order chi connectivity index (χ1) is 14.3. The average molecular weight is 435 g/mol. The number of hydrogen-bond donors (Lipinski definition) is 0. The smallest absolute Gasteiger partial charge is 0.328 e. The standard InChI is InChI=1S/C22H29NO8/c1-7-29-18(26)8-9-22(17(25)13-30-15(3)24,20(28)31-21(4,5)6)19(27)16-10-14(2)11-23-12-16/h10-12H,7-9,13H2,1-6H3. The predicted molar refractivity (Wildman–Crippen MR) is 109 cm³/mol. The van der Waals surface area contributed by atoms with Crippen molar-refractivity contribution < 1.29 is 38.2 Å². The Morgan fingerprint density at radius 1 is 1.03 bits per heavy atom. The molecule has 1 heterocycles. The lowest BCUT2D eigenvalue weighted by atomic mass is 9.73. The molecule has 0 spiro atoms. The van der Waals surface area contributed by atoms with E-state index in [0.29, 0.717) is 5.56 Å². The first-order valence-electron chi connectivity index (χ1n) is 9.85. The molecule has 0 radical (unpaired) electrons. The van der Waals surface area contributed by atoms with Gasteiger partial charge in [0.2, 0.25) is 0 Å². The molecule has 1 atom stereocenters. The van der Waals surface area contributed by atoms with Crippen LogP contribution in [-0.2, 0) is 33.4 Å². The van der Waals surface area contributed by atoms with E-state index in [2.05, 4.69) is 4.98 Å². The number of aryl methyl sites for hydroxylation is 1. The van der Waals surface area contributed by atoms with E-state index >= 15 is 0 Å². The molecule has 1 unspecified atom stereocenters. The van der Waals surface area contributed by atoms with Gasteiger partial charge in [0.15, 0.2) is 23.6 Å². The highest BCUT2D eigenvalue weighted by atomic mass is 16.6. The molecule has 0 N–H and O–H groups in total. The highest BCUT2D eigenvalue weighted by Crippen LogP contribution is 2.34. The Labute approximate surface area is 181 Å². The third-order valence-corrected chi connectivity index (χ3v) is 4.16. The van der Waals surface area contributed by atoms with Gasteiger partial charge in [0.05, 0.1) is 6.61 Å². The number of carbonyl (C=O) groups is 5. The Balaban J connectivity index is 3.57. The minimum atomic E-state index is -2.41. The van der Waals surface area contributed by atoms with Crippen molar-refractivity contribution >= 4 is 29.5 Å². The number of nitrogens with zero attached hydrogens (tertiary/aromatic N) is 1. The lowest BCUT2D eigenvalue weighted by Crippen LogP contribution is -2.51. The van der Waals surface area contributed by atoms with Crippen molar-refractivity contribution in [2.24, 2.45) is 5.41 Å². The number of pyridine rings is 1. The van der Waals surface area contributed by atoms with Crippen LogP contribution in [0.2, 0.25) is 0 Å². The molecule has 9 nitrogen and oxygen atoms in total. The molecule has 1 rings (SSSR count). The first-order valence-corrected chi connectivity index (χ1v) is 9.85. The van der Waals surface area contributed by atoms with Gasteiger partial charge < -0.3 is 14.2 Å². The van der Waals surface area contributed by atoms with Crippen LogP contribution in [0.15, 0.2) is 18.5 Å². The zero-order valence-corrected chi connectivity index (χ0v) is 18.8. The molecular weight excluding hydrogens is 406 g/mol. The summed E-state index contributed by atoms with van der Waals surface area (Å²) >= 11 is 0. The lowest BCUT2D eigenvalue weighted by Gasteiger charge is -2.32. The van der Waals surface area contributed by atoms with Crippen LogP contribution in [0.1, 0.15) is 63.4 Å². The van der Waals surface area contributed by atoms with Gasteiger partial charge in [-0.3, -0.25) is 29.0 Å². The molecule has 0 aliphatic carbocycles. The van der Waals surface area contributed by atoms with Crippen LogP contribution < -0.4 is 0 Å². The van der Waals surface area contributed by atoms with E-state index in [1.54, 1.807) is 34.6 Å². The van der Waals surface area contributed by atoms with E-state index < -0.39 is 59.9 Å². The van der Waals surface area contributed by atoms with Gasteiger partial charge in [-0.25, -0.2) is 0 Å². The fourth-order valence-electron chi connectivity index (χ4n) is 2.79. The Morgan fingerprint density at radius 2 is 1.68 bits per heavy atom. The molecule has 0 saturated heterocycles. The largest absolute Gasteiger partial charge is 0.466 e. The number of aromatic nitrogens is 1. The molecule has 0 amide bonds. The second-order valence-electron chi connectivity index (χ2n) is 8.00. The van der Waals surface area contributed by atoms with Crippen LogP contribution in [-0.4, -0.2) is 53.3 Å². The molecule has 0 aliphatic rings. The van der Waals surface area contributed by atoms with E-state index in [4.69, 9.17) is 14.2 Å². The summed E-state index contributed by atoms with van der Waals surface area (Å²) in [4.78, 5) is 67.2. The summed E-state index contributed by atoms with van der Waals surface area (Å²) < 4.78 is 15.1. The van der Waals surface area contributed by atoms with Gasteiger partial charge in [-0.05, 0) is 52.7 Å². The topological polar surface area (TPSA) is 126 Å². The van der Waals surface area contributed by atoms with Gasteiger partial charge in [0.25, 0.3) is 0 Å². The summed E-state index contributed by atoms with van der Waals surface area (Å²) in [6, 6.07) is 1.47. The van der Waals surface area contributed by atoms with Crippen molar-refractivity contribution in [3.8, 4) is 0 Å². The van der Waals surface area contributed by atoms with E-state index in [1.807, 2.05) is 0 Å². The third-order valence-electron chi connectivity index (χ3n) is 4.16. The van der Waals surface area contributed by atoms with Crippen LogP contribution in [0.25, 0.3) is 0 Å². The van der Waals surface area contributed by atoms with Gasteiger partial charge in [-0.1, -0.05) is 0 Å². The number of rotatable bonds is 10. The monoisotopic (exact) mass is 435 g/mol. The summed E-state index contributed by atoms with van der Waals surface area (Å²) in [6.45, 7) is 8.39. The van der Waals surface area contributed by atoms with Crippen molar-refractivity contribution in [3.05, 3.63) is 29.6 Å². The normalized spacial score (nSPS) is 13.0. The van der Waals surface area contributed by atoms with Crippen molar-refractivity contribution in [1.29, 1.82) is 0 Å². The SMILES string of the molecule is CCOC(=O)CCC(C(=O)COC(C)=O)(C(=O)OC(C)(C)C)C(=O)c1cncc(C)c1. The van der Waals surface area contributed by atoms with Gasteiger partial charge in [-0.15, -0.1) is 0 Å². The molecule has 0 saturated carbocycles. The number of carbonyl (C=O) groups excluding carboxylic acids is 5. The highest BCUT2D eigenvalue weighted by Gasteiger charge is 2.55. The number of ether oxygens (including phenoxy) is 3. The molecule has 0 aromatic carbocycles. The molecule has 170 valence electrons. The van der Waals surface area contributed by atoms with Crippen molar-refractivity contribution in [3.63, 3.8) is 0 Å². The Morgan fingerprint density at radius 3 is 2.19 bits per heavy atom. The van der Waals surface area contributed by atoms with Crippen molar-refractivity contribution in [2.75, 3.05) is 13.2 Å². The van der Waals surface area contributed by atoms with Crippen molar-refractivity contribution in [1.82, 2.24) is 4.98 Å². The molecule has 0 aliphatic heterocycles. The maximum atomic E-state index is 13.5. The molecular formula is C22H29NO8. The first kappa shape index (κ1) is 25.9.